The molecule has 2 aromatic carbocycles. The van der Waals surface area contributed by atoms with E-state index in [-0.39, 0.29) is 37.6 Å². The molecule has 1 amide bonds. The third-order valence-electron chi connectivity index (χ3n) is 6.64. The summed E-state index contributed by atoms with van der Waals surface area (Å²) in [7, 11) is 2.07. The van der Waals surface area contributed by atoms with Gasteiger partial charge in [-0.25, -0.2) is 0 Å². The van der Waals surface area contributed by atoms with Gasteiger partial charge < -0.3 is 29.9 Å². The maximum Gasteiger partial charge on any atom is 0.303 e. The number of aliphatic hydroxyl groups is 1. The largest absolute Gasteiger partial charge is 0.481 e. The molecule has 1 saturated heterocycles. The second-order valence-electron chi connectivity index (χ2n) is 9.75. The number of carbonyl (C=O) groups is 2. The SMILES string of the molecule is CN(CCc1ccccn1)C[C@@H]1C[C@H](c2ccc(CO)cc2)O[C@H](c2ccc(NC(=O)CCC(=O)O)cc2)O1. The van der Waals surface area contributed by atoms with Crippen LogP contribution in [-0.4, -0.2) is 58.2 Å². The fraction of sp³-hybridized carbons (Fsp3) is 0.367. The fourth-order valence-corrected chi connectivity index (χ4v) is 4.49. The maximum atomic E-state index is 12.0. The summed E-state index contributed by atoms with van der Waals surface area (Å²) in [6.07, 6.45) is 2.14. The molecule has 0 bridgehead atoms. The number of aliphatic hydroxyl groups excluding tert-OH is 1. The number of aliphatic carboxylic acids is 1. The molecule has 0 saturated carbocycles. The number of nitrogens with one attached hydrogen (secondary N) is 1. The molecule has 1 fully saturated rings. The molecule has 1 aliphatic rings. The van der Waals surface area contributed by atoms with Crippen molar-refractivity contribution in [3.05, 3.63) is 95.3 Å². The summed E-state index contributed by atoms with van der Waals surface area (Å²) in [5.74, 6) is -1.36. The zero-order valence-corrected chi connectivity index (χ0v) is 22.0. The number of ether oxygens (including phenoxy) is 2. The van der Waals surface area contributed by atoms with E-state index in [0.29, 0.717) is 12.1 Å². The lowest BCUT2D eigenvalue weighted by molar-refractivity contribution is -0.252. The molecule has 3 aromatic rings. The summed E-state index contributed by atoms with van der Waals surface area (Å²) < 4.78 is 12.8. The number of amides is 1. The highest BCUT2D eigenvalue weighted by molar-refractivity contribution is 5.92. The van der Waals surface area contributed by atoms with Crippen LogP contribution in [0.25, 0.3) is 0 Å². The van der Waals surface area contributed by atoms with Gasteiger partial charge in [-0.05, 0) is 42.4 Å². The smallest absolute Gasteiger partial charge is 0.303 e. The quantitative estimate of drug-likeness (QED) is 0.318. The number of rotatable bonds is 12. The summed E-state index contributed by atoms with van der Waals surface area (Å²) in [4.78, 5) is 29.3. The first-order valence-corrected chi connectivity index (χ1v) is 13.1. The Bertz CT molecular complexity index is 1200. The molecular formula is C30H35N3O6. The van der Waals surface area contributed by atoms with E-state index in [2.05, 4.69) is 22.2 Å². The Kier molecular flexibility index (Phi) is 10.2. The van der Waals surface area contributed by atoms with Crippen molar-refractivity contribution in [2.45, 2.75) is 50.8 Å². The monoisotopic (exact) mass is 533 g/mol. The highest BCUT2D eigenvalue weighted by atomic mass is 16.7. The Morgan fingerprint density at radius 1 is 1.00 bits per heavy atom. The average molecular weight is 534 g/mol. The first-order valence-electron chi connectivity index (χ1n) is 13.1. The molecule has 0 unspecified atom stereocenters. The van der Waals surface area contributed by atoms with Crippen molar-refractivity contribution < 1.29 is 29.3 Å². The number of carboxylic acid groups (broad SMARTS) is 1. The molecule has 4 rings (SSSR count). The van der Waals surface area contributed by atoms with E-state index in [9.17, 15) is 14.7 Å². The maximum absolute atomic E-state index is 12.0. The molecule has 9 nitrogen and oxygen atoms in total. The second-order valence-corrected chi connectivity index (χ2v) is 9.75. The van der Waals surface area contributed by atoms with Gasteiger partial charge in [0.25, 0.3) is 0 Å². The topological polar surface area (TPSA) is 121 Å². The molecule has 9 heteroatoms. The summed E-state index contributed by atoms with van der Waals surface area (Å²) in [6.45, 7) is 1.55. The van der Waals surface area contributed by atoms with Gasteiger partial charge in [-0.3, -0.25) is 14.6 Å². The van der Waals surface area contributed by atoms with Gasteiger partial charge in [0.15, 0.2) is 6.29 Å². The van der Waals surface area contributed by atoms with Crippen LogP contribution < -0.4 is 5.32 Å². The van der Waals surface area contributed by atoms with E-state index in [1.165, 1.54) is 0 Å². The van der Waals surface area contributed by atoms with Gasteiger partial charge in [-0.15, -0.1) is 0 Å². The van der Waals surface area contributed by atoms with E-state index in [1.54, 1.807) is 18.3 Å². The summed E-state index contributed by atoms with van der Waals surface area (Å²) in [5.41, 5.74) is 4.30. The van der Waals surface area contributed by atoms with E-state index >= 15 is 0 Å². The Labute approximate surface area is 228 Å². The van der Waals surface area contributed by atoms with Crippen molar-refractivity contribution >= 4 is 17.6 Å². The van der Waals surface area contributed by atoms with Crippen molar-refractivity contribution in [2.24, 2.45) is 0 Å². The van der Waals surface area contributed by atoms with Crippen LogP contribution in [-0.2, 0) is 32.1 Å². The lowest BCUT2D eigenvalue weighted by atomic mass is 9.99. The molecule has 0 spiro atoms. The van der Waals surface area contributed by atoms with Crippen molar-refractivity contribution in [3.8, 4) is 0 Å². The van der Waals surface area contributed by atoms with Crippen LogP contribution in [0, 0.1) is 0 Å². The molecule has 206 valence electrons. The number of aromatic nitrogens is 1. The van der Waals surface area contributed by atoms with Crippen LogP contribution in [0.2, 0.25) is 0 Å². The van der Waals surface area contributed by atoms with E-state index in [1.807, 2.05) is 54.6 Å². The normalized spacial score (nSPS) is 19.1. The fourth-order valence-electron chi connectivity index (χ4n) is 4.49. The number of pyridine rings is 1. The minimum atomic E-state index is -1.01. The lowest BCUT2D eigenvalue weighted by Crippen LogP contribution is -2.38. The number of nitrogens with zero attached hydrogens (tertiary/aromatic N) is 2. The third-order valence-corrected chi connectivity index (χ3v) is 6.64. The number of benzene rings is 2. The average Bonchev–Trinajstić information content (AvgIpc) is 2.96. The van der Waals surface area contributed by atoms with Gasteiger partial charge in [-0.2, -0.15) is 0 Å². The van der Waals surface area contributed by atoms with E-state index < -0.39 is 12.3 Å². The Morgan fingerprint density at radius 3 is 2.41 bits per heavy atom. The molecular weight excluding hydrogens is 498 g/mol. The van der Waals surface area contributed by atoms with Crippen LogP contribution in [0.4, 0.5) is 5.69 Å². The number of likely N-dealkylation sites (N-methyl/N-ethyl adjacent to an activating group) is 1. The van der Waals surface area contributed by atoms with Crippen LogP contribution >= 0.6 is 0 Å². The Hall–Kier alpha value is -3.63. The zero-order chi connectivity index (χ0) is 27.6. The number of anilines is 1. The second kappa shape index (κ2) is 14.0. The number of carbonyl (C=O) groups excluding carboxylic acids is 1. The molecule has 3 atom stereocenters. The van der Waals surface area contributed by atoms with Crippen molar-refractivity contribution in [2.75, 3.05) is 25.5 Å². The highest BCUT2D eigenvalue weighted by Crippen LogP contribution is 2.38. The predicted molar refractivity (Wildman–Crippen MR) is 146 cm³/mol. The van der Waals surface area contributed by atoms with Crippen LogP contribution in [0.5, 0.6) is 0 Å². The van der Waals surface area contributed by atoms with Gasteiger partial charge in [0, 0.05) is 55.5 Å². The van der Waals surface area contributed by atoms with Crippen molar-refractivity contribution in [3.63, 3.8) is 0 Å². The van der Waals surface area contributed by atoms with Gasteiger partial charge in [0.05, 0.1) is 25.2 Å². The predicted octanol–water partition coefficient (Wildman–Crippen LogP) is 4.10. The number of hydrogen-bond donors (Lipinski definition) is 3. The standard InChI is InChI=1S/C30H35N3O6/c1-33(17-15-24-4-2-3-16-31-24)19-26-18-27(22-7-5-21(20-34)6-8-22)39-30(38-26)23-9-11-25(12-10-23)32-28(35)13-14-29(36)37/h2-12,16,26-27,30,34H,13-15,17-20H2,1H3,(H,32,35)(H,36,37)/t26-,27+,30+/m0/s1. The van der Waals surface area contributed by atoms with Crippen molar-refractivity contribution in [1.29, 1.82) is 0 Å². The van der Waals surface area contributed by atoms with E-state index in [4.69, 9.17) is 14.6 Å². The molecule has 2 heterocycles. The molecule has 0 aliphatic carbocycles. The molecule has 0 radical (unpaired) electrons. The highest BCUT2D eigenvalue weighted by Gasteiger charge is 2.32. The van der Waals surface area contributed by atoms with Crippen LogP contribution in [0.3, 0.4) is 0 Å². The van der Waals surface area contributed by atoms with Crippen molar-refractivity contribution in [1.82, 2.24) is 9.88 Å². The molecule has 1 aliphatic heterocycles. The van der Waals surface area contributed by atoms with Gasteiger partial charge in [0.1, 0.15) is 0 Å². The minimum absolute atomic E-state index is 0.0135. The van der Waals surface area contributed by atoms with Gasteiger partial charge in [-0.1, -0.05) is 42.5 Å². The number of hydrogen-bond acceptors (Lipinski definition) is 7. The van der Waals surface area contributed by atoms with Crippen LogP contribution in [0.15, 0.2) is 72.9 Å². The van der Waals surface area contributed by atoms with Gasteiger partial charge >= 0.3 is 5.97 Å². The minimum Gasteiger partial charge on any atom is -0.481 e. The van der Waals surface area contributed by atoms with E-state index in [0.717, 1.165) is 41.9 Å². The molecule has 39 heavy (non-hydrogen) atoms. The first kappa shape index (κ1) is 28.4. The Balaban J connectivity index is 1.43. The Morgan fingerprint density at radius 2 is 1.74 bits per heavy atom. The third kappa shape index (κ3) is 8.69. The van der Waals surface area contributed by atoms with Gasteiger partial charge in [0.2, 0.25) is 5.91 Å². The molecule has 3 N–H and O–H groups in total. The van der Waals surface area contributed by atoms with Crippen LogP contribution in [0.1, 0.15) is 54.0 Å². The summed E-state index contributed by atoms with van der Waals surface area (Å²) in [6, 6.07) is 20.9. The lowest BCUT2D eigenvalue weighted by Gasteiger charge is -2.38. The summed E-state index contributed by atoms with van der Waals surface area (Å²) in [5, 5.41) is 20.9. The number of carboxylic acids is 1. The zero-order valence-electron chi connectivity index (χ0n) is 22.0. The first-order chi connectivity index (χ1) is 18.9. The summed E-state index contributed by atoms with van der Waals surface area (Å²) >= 11 is 0. The molecule has 1 aromatic heterocycles.